The molecule has 0 aliphatic rings. The summed E-state index contributed by atoms with van der Waals surface area (Å²) in [5.41, 5.74) is 1.37. The van der Waals surface area contributed by atoms with Crippen LogP contribution in [0.25, 0.3) is 0 Å². The highest BCUT2D eigenvalue weighted by Crippen LogP contribution is 2.08. The zero-order valence-corrected chi connectivity index (χ0v) is 13.3. The first-order valence-electron chi connectivity index (χ1n) is 7.60. The van der Waals surface area contributed by atoms with Crippen molar-refractivity contribution in [1.82, 2.24) is 19.8 Å². The molecule has 0 aliphatic heterocycles. The van der Waals surface area contributed by atoms with E-state index in [1.54, 1.807) is 0 Å². The van der Waals surface area contributed by atoms with Gasteiger partial charge in [-0.2, -0.15) is 0 Å². The number of imidazole rings is 1. The van der Waals surface area contributed by atoms with Gasteiger partial charge in [-0.15, -0.1) is 0 Å². The van der Waals surface area contributed by atoms with Crippen LogP contribution in [0.1, 0.15) is 30.8 Å². The third-order valence-electron chi connectivity index (χ3n) is 3.71. The molecule has 0 aliphatic carbocycles. The quantitative estimate of drug-likeness (QED) is 0.757. The number of rotatable bonds is 8. The zero-order valence-electron chi connectivity index (χ0n) is 13.3. The molecular formula is C17H26N4. The summed E-state index contributed by atoms with van der Waals surface area (Å²) in [6, 6.07) is 10.9. The molecule has 4 nitrogen and oxygen atoms in total. The fourth-order valence-electron chi connectivity index (χ4n) is 2.53. The Kier molecular flexibility index (Phi) is 5.96. The van der Waals surface area contributed by atoms with Crippen molar-refractivity contribution < 1.29 is 0 Å². The highest BCUT2D eigenvalue weighted by Gasteiger charge is 2.08. The minimum absolute atomic E-state index is 0.296. The lowest BCUT2D eigenvalue weighted by atomic mass is 10.2. The van der Waals surface area contributed by atoms with E-state index in [2.05, 4.69) is 64.1 Å². The molecule has 21 heavy (non-hydrogen) atoms. The highest BCUT2D eigenvalue weighted by atomic mass is 15.1. The van der Waals surface area contributed by atoms with Crippen molar-refractivity contribution in [3.8, 4) is 0 Å². The van der Waals surface area contributed by atoms with Crippen LogP contribution in [0.2, 0.25) is 0 Å². The van der Waals surface area contributed by atoms with Gasteiger partial charge in [0.1, 0.15) is 5.82 Å². The maximum absolute atomic E-state index is 4.38. The minimum Gasteiger partial charge on any atom is -0.337 e. The lowest BCUT2D eigenvalue weighted by molar-refractivity contribution is 0.316. The summed E-state index contributed by atoms with van der Waals surface area (Å²) in [6.07, 6.45) is 4.97. The van der Waals surface area contributed by atoms with Crippen molar-refractivity contribution in [2.45, 2.75) is 25.9 Å². The number of aromatic nitrogens is 2. The molecule has 1 atom stereocenters. The topological polar surface area (TPSA) is 33.1 Å². The second-order valence-corrected chi connectivity index (χ2v) is 5.65. The van der Waals surface area contributed by atoms with Gasteiger partial charge in [-0.1, -0.05) is 30.3 Å². The van der Waals surface area contributed by atoms with Gasteiger partial charge in [-0.25, -0.2) is 4.98 Å². The van der Waals surface area contributed by atoms with Gasteiger partial charge in [0.25, 0.3) is 0 Å². The smallest absolute Gasteiger partial charge is 0.125 e. The summed E-state index contributed by atoms with van der Waals surface area (Å²) in [4.78, 5) is 6.74. The van der Waals surface area contributed by atoms with E-state index in [9.17, 15) is 0 Å². The molecule has 0 radical (unpaired) electrons. The molecular weight excluding hydrogens is 260 g/mol. The fourth-order valence-corrected chi connectivity index (χ4v) is 2.53. The molecule has 0 bridgehead atoms. The van der Waals surface area contributed by atoms with Crippen LogP contribution in [0.3, 0.4) is 0 Å². The molecule has 0 saturated carbocycles. The molecule has 0 spiro atoms. The summed E-state index contributed by atoms with van der Waals surface area (Å²) >= 11 is 0. The molecule has 0 fully saturated rings. The summed E-state index contributed by atoms with van der Waals surface area (Å²) in [7, 11) is 4.21. The lowest BCUT2D eigenvalue weighted by Gasteiger charge is -2.18. The largest absolute Gasteiger partial charge is 0.337 e. The molecule has 0 saturated heterocycles. The van der Waals surface area contributed by atoms with Crippen molar-refractivity contribution in [3.63, 3.8) is 0 Å². The van der Waals surface area contributed by atoms with Crippen molar-refractivity contribution in [2.75, 3.05) is 20.1 Å². The van der Waals surface area contributed by atoms with Gasteiger partial charge in [-0.3, -0.25) is 0 Å². The van der Waals surface area contributed by atoms with E-state index in [1.165, 1.54) is 5.56 Å². The average molecular weight is 286 g/mol. The summed E-state index contributed by atoms with van der Waals surface area (Å²) < 4.78 is 2.07. The molecule has 1 heterocycles. The Bertz CT molecular complexity index is 521. The number of hydrogen-bond acceptors (Lipinski definition) is 3. The van der Waals surface area contributed by atoms with Crippen LogP contribution in [-0.4, -0.2) is 34.6 Å². The maximum Gasteiger partial charge on any atom is 0.125 e. The van der Waals surface area contributed by atoms with Gasteiger partial charge in [0, 0.05) is 26.0 Å². The van der Waals surface area contributed by atoms with Crippen LogP contribution in [0.5, 0.6) is 0 Å². The third kappa shape index (κ3) is 4.99. The van der Waals surface area contributed by atoms with Gasteiger partial charge in [0.05, 0.1) is 6.04 Å². The summed E-state index contributed by atoms with van der Waals surface area (Å²) in [5, 5.41) is 3.54. The van der Waals surface area contributed by atoms with Crippen molar-refractivity contribution in [1.29, 1.82) is 0 Å². The molecule has 1 N–H and O–H groups in total. The van der Waals surface area contributed by atoms with Crippen LogP contribution in [0.4, 0.5) is 0 Å². The van der Waals surface area contributed by atoms with E-state index in [0.717, 1.165) is 31.9 Å². The normalized spacial score (nSPS) is 12.8. The van der Waals surface area contributed by atoms with E-state index in [0.29, 0.717) is 6.04 Å². The summed E-state index contributed by atoms with van der Waals surface area (Å²) in [6.45, 7) is 5.27. The SMILES string of the molecule is CC(NCCCN(C)Cc1ccccc1)c1nccn1C. The molecule has 1 aromatic heterocycles. The van der Waals surface area contributed by atoms with Gasteiger partial charge in [0.2, 0.25) is 0 Å². The van der Waals surface area contributed by atoms with Crippen molar-refractivity contribution >= 4 is 0 Å². The monoisotopic (exact) mass is 286 g/mol. The second kappa shape index (κ2) is 7.96. The molecule has 2 aromatic rings. The van der Waals surface area contributed by atoms with E-state index in [4.69, 9.17) is 0 Å². The number of hydrogen-bond donors (Lipinski definition) is 1. The molecule has 0 amide bonds. The number of benzene rings is 1. The first-order chi connectivity index (χ1) is 10.2. The van der Waals surface area contributed by atoms with Gasteiger partial charge in [0.15, 0.2) is 0 Å². The predicted octanol–water partition coefficient (Wildman–Crippen LogP) is 2.59. The van der Waals surface area contributed by atoms with Gasteiger partial charge in [-0.05, 0) is 39.0 Å². The van der Waals surface area contributed by atoms with Crippen LogP contribution in [0.15, 0.2) is 42.7 Å². The van der Waals surface area contributed by atoms with Crippen LogP contribution in [-0.2, 0) is 13.6 Å². The lowest BCUT2D eigenvalue weighted by Crippen LogP contribution is -2.26. The number of aryl methyl sites for hydroxylation is 1. The molecule has 1 unspecified atom stereocenters. The van der Waals surface area contributed by atoms with E-state index in [-0.39, 0.29) is 0 Å². The Morgan fingerprint density at radius 3 is 2.71 bits per heavy atom. The predicted molar refractivity (Wildman–Crippen MR) is 87.0 cm³/mol. The molecule has 2 rings (SSSR count). The average Bonchev–Trinajstić information content (AvgIpc) is 2.91. The van der Waals surface area contributed by atoms with Crippen molar-refractivity contribution in [2.24, 2.45) is 7.05 Å². The molecule has 4 heteroatoms. The van der Waals surface area contributed by atoms with Crippen LogP contribution in [0, 0.1) is 0 Å². The second-order valence-electron chi connectivity index (χ2n) is 5.65. The van der Waals surface area contributed by atoms with E-state index < -0.39 is 0 Å². The minimum atomic E-state index is 0.296. The Morgan fingerprint density at radius 1 is 1.29 bits per heavy atom. The van der Waals surface area contributed by atoms with Gasteiger partial charge < -0.3 is 14.8 Å². The van der Waals surface area contributed by atoms with E-state index in [1.807, 2.05) is 19.4 Å². The van der Waals surface area contributed by atoms with Crippen molar-refractivity contribution in [3.05, 3.63) is 54.1 Å². The molecule has 114 valence electrons. The standard InChI is InChI=1S/C17H26N4/c1-15(17-19-11-13-21(17)3)18-10-7-12-20(2)14-16-8-5-4-6-9-16/h4-6,8-9,11,13,15,18H,7,10,12,14H2,1-3H3. The molecule has 1 aromatic carbocycles. The first-order valence-corrected chi connectivity index (χ1v) is 7.60. The van der Waals surface area contributed by atoms with E-state index >= 15 is 0 Å². The Balaban J connectivity index is 1.64. The Hall–Kier alpha value is -1.65. The van der Waals surface area contributed by atoms with Crippen LogP contribution < -0.4 is 5.32 Å². The Labute approximate surface area is 127 Å². The zero-order chi connectivity index (χ0) is 15.1. The highest BCUT2D eigenvalue weighted by molar-refractivity contribution is 5.14. The third-order valence-corrected chi connectivity index (χ3v) is 3.71. The summed E-state index contributed by atoms with van der Waals surface area (Å²) in [5.74, 6) is 1.09. The van der Waals surface area contributed by atoms with Crippen LogP contribution >= 0.6 is 0 Å². The maximum atomic E-state index is 4.38. The number of nitrogens with one attached hydrogen (secondary N) is 1. The Morgan fingerprint density at radius 2 is 2.05 bits per heavy atom. The fraction of sp³-hybridized carbons (Fsp3) is 0.471. The van der Waals surface area contributed by atoms with Gasteiger partial charge >= 0.3 is 0 Å². The first kappa shape index (κ1) is 15.7. The number of nitrogens with zero attached hydrogens (tertiary/aromatic N) is 3.